The summed E-state index contributed by atoms with van der Waals surface area (Å²) in [7, 11) is -2.02. The van der Waals surface area contributed by atoms with Crippen molar-refractivity contribution in [2.75, 3.05) is 12.5 Å². The van der Waals surface area contributed by atoms with Crippen LogP contribution in [-0.4, -0.2) is 16.7 Å². The zero-order valence-electron chi connectivity index (χ0n) is 6.24. The molecule has 0 atom stereocenters. The lowest BCUT2D eigenvalue weighted by atomic mass is 10.4. The van der Waals surface area contributed by atoms with Gasteiger partial charge >= 0.3 is 0 Å². The van der Waals surface area contributed by atoms with Crippen LogP contribution in [0, 0.1) is 0 Å². The summed E-state index contributed by atoms with van der Waals surface area (Å²) in [5.41, 5.74) is 0. The highest BCUT2D eigenvalue weighted by Crippen LogP contribution is 2.11. The maximum absolute atomic E-state index is 11.4. The fourth-order valence-electron chi connectivity index (χ4n) is 0.787. The lowest BCUT2D eigenvalue weighted by molar-refractivity contribution is 0.678. The molecule has 0 radical (unpaired) electrons. The highest BCUT2D eigenvalue weighted by molar-refractivity contribution is 8.01. The Balaban J connectivity index is 3.09. The van der Waals surface area contributed by atoms with E-state index >= 15 is 0 Å². The summed E-state index contributed by atoms with van der Waals surface area (Å²) in [6, 6.07) is 9.56. The topological polar surface area (TPSA) is 17.1 Å². The van der Waals surface area contributed by atoms with Gasteiger partial charge in [0.15, 0.2) is 0 Å². The van der Waals surface area contributed by atoms with E-state index in [1.165, 1.54) is 0 Å². The van der Waals surface area contributed by atoms with Gasteiger partial charge in [0.2, 0.25) is 0 Å². The van der Waals surface area contributed by atoms with Gasteiger partial charge in [-0.2, -0.15) is 0 Å². The van der Waals surface area contributed by atoms with Crippen molar-refractivity contribution in [2.45, 2.75) is 4.90 Å². The lowest BCUT2D eigenvalue weighted by Gasteiger charge is -2.10. The SMILES string of the molecule is C[SH](C)(=O)c1ccccc1. The van der Waals surface area contributed by atoms with Crippen LogP contribution >= 0.6 is 0 Å². The van der Waals surface area contributed by atoms with Crippen molar-refractivity contribution < 1.29 is 4.21 Å². The van der Waals surface area contributed by atoms with E-state index in [0.717, 1.165) is 4.90 Å². The van der Waals surface area contributed by atoms with Crippen LogP contribution in [0.4, 0.5) is 0 Å². The van der Waals surface area contributed by atoms with E-state index in [4.69, 9.17) is 0 Å². The van der Waals surface area contributed by atoms with Crippen LogP contribution in [0.2, 0.25) is 0 Å². The number of hydrogen-bond donors (Lipinski definition) is 1. The second kappa shape index (κ2) is 2.54. The first-order valence-corrected chi connectivity index (χ1v) is 5.81. The van der Waals surface area contributed by atoms with E-state index in [1.54, 1.807) is 12.5 Å². The summed E-state index contributed by atoms with van der Waals surface area (Å²) in [5, 5.41) is 0. The predicted molar refractivity (Wildman–Crippen MR) is 46.1 cm³/mol. The molecule has 0 heterocycles. The van der Waals surface area contributed by atoms with Crippen molar-refractivity contribution in [3.63, 3.8) is 0 Å². The third kappa shape index (κ3) is 1.67. The zero-order chi connectivity index (χ0) is 7.61. The molecule has 0 saturated heterocycles. The molecule has 1 aromatic rings. The molecule has 0 saturated carbocycles. The van der Waals surface area contributed by atoms with Gasteiger partial charge in [-0.25, -0.2) is 0 Å². The quantitative estimate of drug-likeness (QED) is 0.607. The molecule has 0 aliphatic heterocycles. The molecular formula is C8H12OS. The Labute approximate surface area is 62.5 Å². The van der Waals surface area contributed by atoms with Gasteiger partial charge in [-0.1, -0.05) is 28.1 Å². The van der Waals surface area contributed by atoms with Crippen LogP contribution in [0.1, 0.15) is 0 Å². The third-order valence-electron chi connectivity index (χ3n) is 1.38. The average Bonchev–Trinajstić information content (AvgIpc) is 1.88. The molecule has 0 amide bonds. The minimum Gasteiger partial charge on any atom is -0.281 e. The fraction of sp³-hybridized carbons (Fsp3) is 0.250. The number of hydrogen-bond acceptors (Lipinski definition) is 1. The first kappa shape index (κ1) is 7.48. The molecule has 1 nitrogen and oxygen atoms in total. The van der Waals surface area contributed by atoms with Gasteiger partial charge in [0.1, 0.15) is 0 Å². The molecule has 0 bridgehead atoms. The van der Waals surface area contributed by atoms with Crippen molar-refractivity contribution >= 4 is 9.93 Å². The van der Waals surface area contributed by atoms with E-state index in [2.05, 4.69) is 0 Å². The van der Waals surface area contributed by atoms with E-state index < -0.39 is 9.93 Å². The van der Waals surface area contributed by atoms with Crippen LogP contribution in [-0.2, 0) is 9.93 Å². The highest BCUT2D eigenvalue weighted by Gasteiger charge is 2.01. The maximum Gasteiger partial charge on any atom is 0.0142 e. The van der Waals surface area contributed by atoms with E-state index in [0.29, 0.717) is 0 Å². The second-order valence-electron chi connectivity index (χ2n) is 2.69. The molecule has 10 heavy (non-hydrogen) atoms. The molecule has 1 aromatic carbocycles. The Morgan fingerprint density at radius 2 is 1.60 bits per heavy atom. The van der Waals surface area contributed by atoms with E-state index in [1.807, 2.05) is 30.3 Å². The van der Waals surface area contributed by atoms with Crippen LogP contribution in [0.3, 0.4) is 0 Å². The third-order valence-corrected chi connectivity index (χ3v) is 2.92. The van der Waals surface area contributed by atoms with Crippen molar-refractivity contribution in [3.8, 4) is 0 Å². The fourth-order valence-corrected chi connectivity index (χ4v) is 1.68. The molecular weight excluding hydrogens is 144 g/mol. The largest absolute Gasteiger partial charge is 0.281 e. The lowest BCUT2D eigenvalue weighted by Crippen LogP contribution is -2.05. The molecule has 0 unspecified atom stereocenters. The van der Waals surface area contributed by atoms with Gasteiger partial charge in [-0.05, 0) is 24.6 Å². The first-order chi connectivity index (χ1) is 4.61. The van der Waals surface area contributed by atoms with Crippen LogP contribution in [0.25, 0.3) is 0 Å². The van der Waals surface area contributed by atoms with Gasteiger partial charge in [0.25, 0.3) is 0 Å². The summed E-state index contributed by atoms with van der Waals surface area (Å²) in [6.07, 6.45) is 3.56. The van der Waals surface area contributed by atoms with Crippen LogP contribution in [0.5, 0.6) is 0 Å². The van der Waals surface area contributed by atoms with Gasteiger partial charge in [-0.3, -0.25) is 4.21 Å². The molecule has 0 spiro atoms. The second-order valence-corrected chi connectivity index (χ2v) is 5.90. The highest BCUT2D eigenvalue weighted by atomic mass is 32.2. The van der Waals surface area contributed by atoms with Crippen molar-refractivity contribution in [3.05, 3.63) is 30.3 Å². The molecule has 0 aliphatic rings. The van der Waals surface area contributed by atoms with E-state index in [-0.39, 0.29) is 0 Å². The molecule has 56 valence electrons. The van der Waals surface area contributed by atoms with Crippen molar-refractivity contribution in [1.29, 1.82) is 0 Å². The molecule has 0 aromatic heterocycles. The van der Waals surface area contributed by atoms with E-state index in [9.17, 15) is 4.21 Å². The van der Waals surface area contributed by atoms with Crippen LogP contribution in [0.15, 0.2) is 35.2 Å². The van der Waals surface area contributed by atoms with Gasteiger partial charge < -0.3 is 0 Å². The number of benzene rings is 1. The smallest absolute Gasteiger partial charge is 0.0142 e. The Kier molecular flexibility index (Phi) is 1.90. The van der Waals surface area contributed by atoms with Gasteiger partial charge in [0, 0.05) is 4.90 Å². The molecule has 1 rings (SSSR count). The maximum atomic E-state index is 11.4. The normalized spacial score (nSPS) is 13.0. The Bertz CT molecular complexity index is 247. The Morgan fingerprint density at radius 1 is 1.10 bits per heavy atom. The van der Waals surface area contributed by atoms with Crippen molar-refractivity contribution in [2.24, 2.45) is 0 Å². The Morgan fingerprint density at radius 3 is 1.90 bits per heavy atom. The standard InChI is InChI=1S/C8H12OS/c1-10(2,9)8-6-4-3-5-7-8/h3-7,10H,1-2H3. The summed E-state index contributed by atoms with van der Waals surface area (Å²) in [6.45, 7) is 0. The number of rotatable bonds is 1. The predicted octanol–water partition coefficient (Wildman–Crippen LogP) is 1.32. The first-order valence-electron chi connectivity index (χ1n) is 3.21. The number of thiol groups is 1. The molecule has 2 heteroatoms. The molecule has 0 fully saturated rings. The summed E-state index contributed by atoms with van der Waals surface area (Å²) in [5.74, 6) is 0. The monoisotopic (exact) mass is 156 g/mol. The molecule has 0 N–H and O–H groups in total. The average molecular weight is 156 g/mol. The minimum atomic E-state index is -2.02. The van der Waals surface area contributed by atoms with Gasteiger partial charge in [-0.15, -0.1) is 0 Å². The van der Waals surface area contributed by atoms with Crippen molar-refractivity contribution in [1.82, 2.24) is 0 Å². The summed E-state index contributed by atoms with van der Waals surface area (Å²) < 4.78 is 11.4. The van der Waals surface area contributed by atoms with Gasteiger partial charge in [0.05, 0.1) is 0 Å². The van der Waals surface area contributed by atoms with Crippen LogP contribution < -0.4 is 0 Å². The minimum absolute atomic E-state index is 0.954. The summed E-state index contributed by atoms with van der Waals surface area (Å²) in [4.78, 5) is 0.954. The zero-order valence-corrected chi connectivity index (χ0v) is 7.14. The summed E-state index contributed by atoms with van der Waals surface area (Å²) >= 11 is 0. The Hall–Kier alpha value is -0.630. The molecule has 0 aliphatic carbocycles.